The first-order valence-corrected chi connectivity index (χ1v) is 7.21. The minimum atomic E-state index is 0.604. The second-order valence-corrected chi connectivity index (χ2v) is 5.92. The van der Waals surface area contributed by atoms with Crippen LogP contribution in [0.4, 0.5) is 11.4 Å². The van der Waals surface area contributed by atoms with E-state index in [1.54, 1.807) is 0 Å². The van der Waals surface area contributed by atoms with Crippen LogP contribution < -0.4 is 10.2 Å². The molecule has 0 aliphatic heterocycles. The predicted molar refractivity (Wildman–Crippen MR) is 80.8 cm³/mol. The van der Waals surface area contributed by atoms with Crippen LogP contribution in [-0.2, 0) is 0 Å². The third-order valence-corrected chi connectivity index (χ3v) is 4.15. The summed E-state index contributed by atoms with van der Waals surface area (Å²) in [5.74, 6) is 0.893. The molecule has 0 amide bonds. The van der Waals surface area contributed by atoms with Crippen molar-refractivity contribution in [1.29, 1.82) is 0 Å². The van der Waals surface area contributed by atoms with E-state index in [9.17, 15) is 0 Å². The number of benzene rings is 1. The van der Waals surface area contributed by atoms with Crippen molar-refractivity contribution >= 4 is 23.0 Å². The molecule has 0 saturated heterocycles. The van der Waals surface area contributed by atoms with Crippen LogP contribution in [0.1, 0.15) is 32.6 Å². The van der Waals surface area contributed by atoms with E-state index in [-0.39, 0.29) is 0 Å². The molecule has 1 aliphatic carbocycles. The SMILES string of the molecule is CCC1CCC(Nc2cc(Cl)ccc2N(C)C)C1. The summed E-state index contributed by atoms with van der Waals surface area (Å²) in [5.41, 5.74) is 2.37. The quantitative estimate of drug-likeness (QED) is 0.869. The highest BCUT2D eigenvalue weighted by atomic mass is 35.5. The van der Waals surface area contributed by atoms with Gasteiger partial charge in [-0.15, -0.1) is 0 Å². The molecule has 0 bridgehead atoms. The largest absolute Gasteiger partial charge is 0.381 e. The Kier molecular flexibility index (Phi) is 4.39. The molecule has 0 aromatic heterocycles. The van der Waals surface area contributed by atoms with Gasteiger partial charge in [-0.25, -0.2) is 0 Å². The van der Waals surface area contributed by atoms with Gasteiger partial charge in [0.05, 0.1) is 11.4 Å². The van der Waals surface area contributed by atoms with Crippen LogP contribution in [0.2, 0.25) is 5.02 Å². The highest BCUT2D eigenvalue weighted by molar-refractivity contribution is 6.31. The van der Waals surface area contributed by atoms with Crippen LogP contribution in [-0.4, -0.2) is 20.1 Å². The van der Waals surface area contributed by atoms with E-state index in [1.165, 1.54) is 31.4 Å². The molecule has 1 aliphatic rings. The molecule has 1 aromatic rings. The molecule has 1 fully saturated rings. The number of nitrogens with zero attached hydrogens (tertiary/aromatic N) is 1. The molecule has 0 heterocycles. The second kappa shape index (κ2) is 5.83. The van der Waals surface area contributed by atoms with Crippen molar-refractivity contribution in [2.75, 3.05) is 24.3 Å². The molecule has 0 radical (unpaired) electrons. The van der Waals surface area contributed by atoms with E-state index in [0.717, 1.165) is 16.6 Å². The number of hydrogen-bond acceptors (Lipinski definition) is 2. The summed E-state index contributed by atoms with van der Waals surface area (Å²) in [6, 6.07) is 6.67. The van der Waals surface area contributed by atoms with Crippen molar-refractivity contribution in [2.24, 2.45) is 5.92 Å². The van der Waals surface area contributed by atoms with Crippen LogP contribution in [0.3, 0.4) is 0 Å². The van der Waals surface area contributed by atoms with Gasteiger partial charge in [0.2, 0.25) is 0 Å². The van der Waals surface area contributed by atoms with Crippen LogP contribution in [0, 0.1) is 5.92 Å². The van der Waals surface area contributed by atoms with Gasteiger partial charge in [-0.05, 0) is 43.4 Å². The van der Waals surface area contributed by atoms with Gasteiger partial charge in [-0.1, -0.05) is 24.9 Å². The Bertz CT molecular complexity index is 403. The first-order valence-electron chi connectivity index (χ1n) is 6.83. The summed E-state index contributed by atoms with van der Waals surface area (Å²) in [6.45, 7) is 2.29. The van der Waals surface area contributed by atoms with Crippen LogP contribution in [0.15, 0.2) is 18.2 Å². The Hall–Kier alpha value is -0.890. The molecular formula is C15H23ClN2. The molecule has 2 unspecified atom stereocenters. The smallest absolute Gasteiger partial charge is 0.0597 e. The molecule has 1 saturated carbocycles. The number of halogens is 1. The normalized spacial score (nSPS) is 23.1. The van der Waals surface area contributed by atoms with Crippen molar-refractivity contribution in [3.8, 4) is 0 Å². The topological polar surface area (TPSA) is 15.3 Å². The highest BCUT2D eigenvalue weighted by Gasteiger charge is 2.23. The predicted octanol–water partition coefficient (Wildman–Crippen LogP) is 4.40. The molecule has 18 heavy (non-hydrogen) atoms. The monoisotopic (exact) mass is 266 g/mol. The summed E-state index contributed by atoms with van der Waals surface area (Å²) < 4.78 is 0. The molecule has 2 rings (SSSR count). The molecule has 2 nitrogen and oxygen atoms in total. The van der Waals surface area contributed by atoms with Gasteiger partial charge in [0.25, 0.3) is 0 Å². The van der Waals surface area contributed by atoms with Gasteiger partial charge >= 0.3 is 0 Å². The fraction of sp³-hybridized carbons (Fsp3) is 0.600. The lowest BCUT2D eigenvalue weighted by Gasteiger charge is -2.22. The van der Waals surface area contributed by atoms with Gasteiger partial charge in [-0.3, -0.25) is 0 Å². The fourth-order valence-electron chi connectivity index (χ4n) is 2.81. The third-order valence-electron chi connectivity index (χ3n) is 3.92. The van der Waals surface area contributed by atoms with Crippen molar-refractivity contribution in [1.82, 2.24) is 0 Å². The Morgan fingerprint density at radius 1 is 1.33 bits per heavy atom. The second-order valence-electron chi connectivity index (χ2n) is 5.48. The van der Waals surface area contributed by atoms with Crippen molar-refractivity contribution in [2.45, 2.75) is 38.6 Å². The Labute approximate surface area is 115 Å². The number of nitrogens with one attached hydrogen (secondary N) is 1. The average Bonchev–Trinajstić information content (AvgIpc) is 2.76. The summed E-state index contributed by atoms with van der Waals surface area (Å²) >= 11 is 6.10. The minimum absolute atomic E-state index is 0.604. The van der Waals surface area contributed by atoms with E-state index in [1.807, 2.05) is 12.1 Å². The number of rotatable bonds is 4. The molecule has 0 spiro atoms. The summed E-state index contributed by atoms with van der Waals surface area (Å²) in [6.07, 6.45) is 5.22. The summed E-state index contributed by atoms with van der Waals surface area (Å²) in [7, 11) is 4.13. The number of anilines is 2. The lowest BCUT2D eigenvalue weighted by atomic mass is 10.1. The van der Waals surface area contributed by atoms with Gasteiger partial charge in [0.15, 0.2) is 0 Å². The van der Waals surface area contributed by atoms with Gasteiger partial charge in [-0.2, -0.15) is 0 Å². The summed E-state index contributed by atoms with van der Waals surface area (Å²) in [5, 5.41) is 4.47. The van der Waals surface area contributed by atoms with Crippen molar-refractivity contribution < 1.29 is 0 Å². The maximum absolute atomic E-state index is 6.10. The minimum Gasteiger partial charge on any atom is -0.381 e. The van der Waals surface area contributed by atoms with Crippen molar-refractivity contribution in [3.63, 3.8) is 0 Å². The van der Waals surface area contributed by atoms with E-state index in [0.29, 0.717) is 6.04 Å². The molecular weight excluding hydrogens is 244 g/mol. The zero-order valence-electron chi connectivity index (χ0n) is 11.5. The van der Waals surface area contributed by atoms with E-state index in [2.05, 4.69) is 37.3 Å². The fourth-order valence-corrected chi connectivity index (χ4v) is 2.98. The Morgan fingerprint density at radius 2 is 2.11 bits per heavy atom. The van der Waals surface area contributed by atoms with E-state index < -0.39 is 0 Å². The lowest BCUT2D eigenvalue weighted by Crippen LogP contribution is -2.19. The standard InChI is InChI=1S/C15H23ClN2/c1-4-11-5-7-13(9-11)17-14-10-12(16)6-8-15(14)18(2)3/h6,8,10-11,13,17H,4-5,7,9H2,1-3H3. The van der Waals surface area contributed by atoms with Gasteiger partial charge < -0.3 is 10.2 Å². The molecule has 1 N–H and O–H groups in total. The van der Waals surface area contributed by atoms with Crippen LogP contribution in [0.5, 0.6) is 0 Å². The maximum Gasteiger partial charge on any atom is 0.0597 e. The van der Waals surface area contributed by atoms with Crippen LogP contribution in [0.25, 0.3) is 0 Å². The summed E-state index contributed by atoms with van der Waals surface area (Å²) in [4.78, 5) is 2.13. The third kappa shape index (κ3) is 3.11. The maximum atomic E-state index is 6.10. The van der Waals surface area contributed by atoms with Crippen molar-refractivity contribution in [3.05, 3.63) is 23.2 Å². The van der Waals surface area contributed by atoms with Gasteiger partial charge in [0, 0.05) is 25.2 Å². The average molecular weight is 267 g/mol. The first-order chi connectivity index (χ1) is 8.60. The highest BCUT2D eigenvalue weighted by Crippen LogP contribution is 2.34. The first kappa shape index (κ1) is 13.5. The Morgan fingerprint density at radius 3 is 2.72 bits per heavy atom. The Balaban J connectivity index is 2.11. The van der Waals surface area contributed by atoms with Gasteiger partial charge in [0.1, 0.15) is 0 Å². The molecule has 3 heteroatoms. The van der Waals surface area contributed by atoms with Crippen LogP contribution >= 0.6 is 11.6 Å². The molecule has 1 aromatic carbocycles. The molecule has 100 valence electrons. The lowest BCUT2D eigenvalue weighted by molar-refractivity contribution is 0.525. The zero-order valence-corrected chi connectivity index (χ0v) is 12.3. The zero-order chi connectivity index (χ0) is 13.1. The molecule has 2 atom stereocenters. The van der Waals surface area contributed by atoms with E-state index >= 15 is 0 Å². The van der Waals surface area contributed by atoms with E-state index in [4.69, 9.17) is 11.6 Å². The number of hydrogen-bond donors (Lipinski definition) is 1.